The lowest BCUT2D eigenvalue weighted by Gasteiger charge is -2.15. The van der Waals surface area contributed by atoms with Gasteiger partial charge in [0.2, 0.25) is 5.91 Å². The van der Waals surface area contributed by atoms with E-state index in [1.54, 1.807) is 24.3 Å². The Hall–Kier alpha value is -3.31. The Labute approximate surface area is 163 Å². The van der Waals surface area contributed by atoms with Gasteiger partial charge in [-0.15, -0.1) is 0 Å². The van der Waals surface area contributed by atoms with Gasteiger partial charge in [0.25, 0.3) is 0 Å². The molecule has 0 aliphatic carbocycles. The summed E-state index contributed by atoms with van der Waals surface area (Å²) in [6, 6.07) is 23.5. The van der Waals surface area contributed by atoms with Gasteiger partial charge < -0.3 is 19.7 Å². The van der Waals surface area contributed by atoms with E-state index in [9.17, 15) is 9.90 Å². The molecular weight excluding hydrogens is 352 g/mol. The molecule has 0 saturated carbocycles. The number of ether oxygens (including phenoxy) is 1. The highest BCUT2D eigenvalue weighted by Gasteiger charge is 2.13. The molecule has 3 aromatic carbocycles. The van der Waals surface area contributed by atoms with Crippen LogP contribution in [0.3, 0.4) is 0 Å². The minimum atomic E-state index is -0.658. The number of nitrogens with zero attached hydrogens (tertiary/aromatic N) is 1. The van der Waals surface area contributed by atoms with E-state index in [4.69, 9.17) is 4.74 Å². The van der Waals surface area contributed by atoms with E-state index in [0.717, 1.165) is 11.0 Å². The first-order valence-electron chi connectivity index (χ1n) is 9.26. The highest BCUT2D eigenvalue weighted by molar-refractivity contribution is 6.07. The van der Waals surface area contributed by atoms with Crippen LogP contribution in [0.15, 0.2) is 72.8 Å². The zero-order valence-electron chi connectivity index (χ0n) is 15.6. The SMILES string of the molecule is CC(=O)Nc1ccc(OC[C@H](O)Cn2c3ccccc3c3ccccc32)cc1. The van der Waals surface area contributed by atoms with Crippen molar-refractivity contribution < 1.29 is 14.6 Å². The molecule has 0 aliphatic heterocycles. The number of fused-ring (bicyclic) bond motifs is 3. The molecule has 5 nitrogen and oxygen atoms in total. The Balaban J connectivity index is 1.48. The first kappa shape index (κ1) is 18.1. The predicted molar refractivity (Wildman–Crippen MR) is 112 cm³/mol. The molecule has 0 bridgehead atoms. The number of carbonyl (C=O) groups is 1. The second-order valence-electron chi connectivity index (χ2n) is 6.82. The number of hydrogen-bond acceptors (Lipinski definition) is 3. The molecule has 28 heavy (non-hydrogen) atoms. The number of para-hydroxylation sites is 2. The number of nitrogens with one attached hydrogen (secondary N) is 1. The van der Waals surface area contributed by atoms with Crippen LogP contribution in [-0.4, -0.2) is 28.3 Å². The first-order chi connectivity index (χ1) is 13.6. The molecule has 0 saturated heterocycles. The van der Waals surface area contributed by atoms with E-state index in [2.05, 4.69) is 34.1 Å². The van der Waals surface area contributed by atoms with Crippen LogP contribution < -0.4 is 10.1 Å². The lowest BCUT2D eigenvalue weighted by atomic mass is 10.2. The predicted octanol–water partition coefficient (Wildman–Crippen LogP) is 4.19. The van der Waals surface area contributed by atoms with Crippen molar-refractivity contribution in [2.45, 2.75) is 19.6 Å². The van der Waals surface area contributed by atoms with E-state index in [-0.39, 0.29) is 12.5 Å². The maximum Gasteiger partial charge on any atom is 0.221 e. The third kappa shape index (κ3) is 3.70. The van der Waals surface area contributed by atoms with Crippen molar-refractivity contribution in [3.63, 3.8) is 0 Å². The number of aliphatic hydroxyl groups excluding tert-OH is 1. The van der Waals surface area contributed by atoms with E-state index in [1.807, 2.05) is 24.3 Å². The second kappa shape index (κ2) is 7.74. The third-order valence-corrected chi connectivity index (χ3v) is 4.69. The Morgan fingerprint density at radius 2 is 1.54 bits per heavy atom. The molecule has 0 spiro atoms. The van der Waals surface area contributed by atoms with Crippen molar-refractivity contribution >= 4 is 33.4 Å². The number of anilines is 1. The first-order valence-corrected chi connectivity index (χ1v) is 9.26. The standard InChI is InChI=1S/C23H22N2O3/c1-16(26)24-17-10-12-19(13-11-17)28-15-18(27)14-25-22-8-4-2-6-20(22)21-7-3-5-9-23(21)25/h2-13,18,27H,14-15H2,1H3,(H,24,26)/t18-/m1/s1. The molecule has 1 heterocycles. The third-order valence-electron chi connectivity index (χ3n) is 4.69. The van der Waals surface area contributed by atoms with Crippen LogP contribution in [0.25, 0.3) is 21.8 Å². The topological polar surface area (TPSA) is 63.5 Å². The summed E-state index contributed by atoms with van der Waals surface area (Å²) in [4.78, 5) is 11.1. The van der Waals surface area contributed by atoms with Gasteiger partial charge in [0.05, 0.1) is 6.54 Å². The van der Waals surface area contributed by atoms with Crippen LogP contribution in [0.1, 0.15) is 6.92 Å². The van der Waals surface area contributed by atoms with Crippen molar-refractivity contribution in [2.24, 2.45) is 0 Å². The Bertz CT molecular complexity index is 1060. The average molecular weight is 374 g/mol. The summed E-state index contributed by atoms with van der Waals surface area (Å²) in [5, 5.41) is 15.6. The smallest absolute Gasteiger partial charge is 0.221 e. The molecule has 0 radical (unpaired) electrons. The summed E-state index contributed by atoms with van der Waals surface area (Å²) in [6.45, 7) is 2.09. The second-order valence-corrected chi connectivity index (χ2v) is 6.82. The van der Waals surface area contributed by atoms with Crippen molar-refractivity contribution in [1.29, 1.82) is 0 Å². The normalized spacial score (nSPS) is 12.2. The molecule has 4 aromatic rings. The molecule has 1 amide bonds. The van der Waals surface area contributed by atoms with Crippen LogP contribution in [0.2, 0.25) is 0 Å². The van der Waals surface area contributed by atoms with Gasteiger partial charge >= 0.3 is 0 Å². The van der Waals surface area contributed by atoms with Crippen LogP contribution in [0.5, 0.6) is 5.75 Å². The van der Waals surface area contributed by atoms with Crippen molar-refractivity contribution in [3.8, 4) is 5.75 Å². The highest BCUT2D eigenvalue weighted by Crippen LogP contribution is 2.29. The van der Waals surface area contributed by atoms with Crippen LogP contribution in [0, 0.1) is 0 Å². The lowest BCUT2D eigenvalue weighted by molar-refractivity contribution is -0.114. The number of rotatable bonds is 6. The minimum absolute atomic E-state index is 0.115. The molecule has 0 unspecified atom stereocenters. The van der Waals surface area contributed by atoms with Gasteiger partial charge in [-0.2, -0.15) is 0 Å². The Morgan fingerprint density at radius 3 is 2.11 bits per heavy atom. The number of benzene rings is 3. The zero-order chi connectivity index (χ0) is 19.5. The van der Waals surface area contributed by atoms with Gasteiger partial charge in [0, 0.05) is 34.4 Å². The van der Waals surface area contributed by atoms with Crippen molar-refractivity contribution in [3.05, 3.63) is 72.8 Å². The fourth-order valence-corrected chi connectivity index (χ4v) is 3.49. The number of amides is 1. The molecule has 5 heteroatoms. The van der Waals surface area contributed by atoms with Gasteiger partial charge in [-0.25, -0.2) is 0 Å². The molecule has 1 atom stereocenters. The molecule has 142 valence electrons. The van der Waals surface area contributed by atoms with E-state index < -0.39 is 6.10 Å². The lowest BCUT2D eigenvalue weighted by Crippen LogP contribution is -2.23. The van der Waals surface area contributed by atoms with Gasteiger partial charge in [0.15, 0.2) is 0 Å². The molecular formula is C23H22N2O3. The van der Waals surface area contributed by atoms with E-state index >= 15 is 0 Å². The molecule has 2 N–H and O–H groups in total. The minimum Gasteiger partial charge on any atom is -0.491 e. The van der Waals surface area contributed by atoms with Gasteiger partial charge in [-0.1, -0.05) is 36.4 Å². The van der Waals surface area contributed by atoms with Crippen molar-refractivity contribution in [1.82, 2.24) is 4.57 Å². The zero-order valence-corrected chi connectivity index (χ0v) is 15.6. The summed E-state index contributed by atoms with van der Waals surface area (Å²) in [7, 11) is 0. The van der Waals surface area contributed by atoms with Crippen molar-refractivity contribution in [2.75, 3.05) is 11.9 Å². The summed E-state index contributed by atoms with van der Waals surface area (Å²) >= 11 is 0. The number of aliphatic hydroxyl groups is 1. The fraction of sp³-hybridized carbons (Fsp3) is 0.174. The molecule has 1 aromatic heterocycles. The highest BCUT2D eigenvalue weighted by atomic mass is 16.5. The maximum atomic E-state index is 11.1. The van der Waals surface area contributed by atoms with Gasteiger partial charge in [-0.05, 0) is 36.4 Å². The quantitative estimate of drug-likeness (QED) is 0.532. The number of aromatic nitrogens is 1. The molecule has 4 rings (SSSR count). The summed E-state index contributed by atoms with van der Waals surface area (Å²) in [5.41, 5.74) is 2.91. The van der Waals surface area contributed by atoms with E-state index in [1.165, 1.54) is 17.7 Å². The summed E-state index contributed by atoms with van der Waals surface area (Å²) in [5.74, 6) is 0.533. The number of carbonyl (C=O) groups excluding carboxylic acids is 1. The average Bonchev–Trinajstić information content (AvgIpc) is 3.01. The van der Waals surface area contributed by atoms with E-state index in [0.29, 0.717) is 18.0 Å². The van der Waals surface area contributed by atoms with Gasteiger partial charge in [0.1, 0.15) is 18.5 Å². The van der Waals surface area contributed by atoms with Gasteiger partial charge in [-0.3, -0.25) is 4.79 Å². The Morgan fingerprint density at radius 1 is 0.964 bits per heavy atom. The summed E-state index contributed by atoms with van der Waals surface area (Å²) < 4.78 is 7.86. The molecule has 0 aliphatic rings. The largest absolute Gasteiger partial charge is 0.491 e. The van der Waals surface area contributed by atoms with Crippen LogP contribution >= 0.6 is 0 Å². The Kier molecular flexibility index (Phi) is 5.00. The maximum absolute atomic E-state index is 11.1. The summed E-state index contributed by atoms with van der Waals surface area (Å²) in [6.07, 6.45) is -0.658. The van der Waals surface area contributed by atoms with Crippen LogP contribution in [0.4, 0.5) is 5.69 Å². The molecule has 0 fully saturated rings. The number of hydrogen-bond donors (Lipinski definition) is 2. The monoisotopic (exact) mass is 374 g/mol. The van der Waals surface area contributed by atoms with Crippen LogP contribution in [-0.2, 0) is 11.3 Å². The fourth-order valence-electron chi connectivity index (χ4n) is 3.49.